The zero-order valence-corrected chi connectivity index (χ0v) is 18.9. The van der Waals surface area contributed by atoms with Gasteiger partial charge in [0.2, 0.25) is 15.2 Å². The van der Waals surface area contributed by atoms with Crippen LogP contribution in [0.25, 0.3) is 11.3 Å². The van der Waals surface area contributed by atoms with Crippen LogP contribution in [0.2, 0.25) is 0 Å². The van der Waals surface area contributed by atoms with Gasteiger partial charge in [0.1, 0.15) is 0 Å². The molecule has 2 aromatic carbocycles. The lowest BCUT2D eigenvalue weighted by molar-refractivity contribution is -0.0440. The van der Waals surface area contributed by atoms with Gasteiger partial charge in [-0.2, -0.15) is 9.41 Å². The van der Waals surface area contributed by atoms with E-state index in [2.05, 4.69) is 15.5 Å². The highest BCUT2D eigenvalue weighted by Gasteiger charge is 2.32. The van der Waals surface area contributed by atoms with Gasteiger partial charge in [-0.05, 0) is 31.5 Å². The second-order valence-corrected chi connectivity index (χ2v) is 10.2. The van der Waals surface area contributed by atoms with E-state index in [4.69, 9.17) is 4.74 Å². The highest BCUT2D eigenvalue weighted by atomic mass is 32.2. The third kappa shape index (κ3) is 5.19. The minimum Gasteiger partial charge on any atom is -0.373 e. The number of thiazole rings is 1. The van der Waals surface area contributed by atoms with Crippen molar-refractivity contribution in [2.75, 3.05) is 18.5 Å². The zero-order chi connectivity index (χ0) is 21.8. The van der Waals surface area contributed by atoms with Crippen LogP contribution in [0.4, 0.5) is 5.13 Å². The standard InChI is InChI=1S/C22H24N4O3S2/c1-16-13-26(14-17(2)29-16)31(27,28)20-10-6-9-19(11-20)21-15-30-22(24-21)25-23-12-18-7-4-3-5-8-18/h3-12,15-17H,13-14H2,1-2H3,(H,24,25). The van der Waals surface area contributed by atoms with E-state index in [1.165, 1.54) is 15.6 Å². The van der Waals surface area contributed by atoms with Crippen molar-refractivity contribution in [2.24, 2.45) is 5.10 Å². The predicted octanol–water partition coefficient (Wildman–Crippen LogP) is 4.05. The number of nitrogens with one attached hydrogen (secondary N) is 1. The number of sulfonamides is 1. The maximum Gasteiger partial charge on any atom is 0.243 e. The number of hydrogen-bond donors (Lipinski definition) is 1. The highest BCUT2D eigenvalue weighted by molar-refractivity contribution is 7.89. The minimum absolute atomic E-state index is 0.134. The molecule has 1 aliphatic heterocycles. The maximum absolute atomic E-state index is 13.2. The molecule has 1 aromatic heterocycles. The van der Waals surface area contributed by atoms with E-state index in [-0.39, 0.29) is 17.1 Å². The molecule has 2 heterocycles. The quantitative estimate of drug-likeness (QED) is 0.447. The van der Waals surface area contributed by atoms with Crippen LogP contribution in [-0.2, 0) is 14.8 Å². The lowest BCUT2D eigenvalue weighted by Crippen LogP contribution is -2.48. The normalized spacial score (nSPS) is 20.2. The molecule has 4 rings (SSSR count). The summed E-state index contributed by atoms with van der Waals surface area (Å²) in [6, 6.07) is 16.7. The Labute approximate surface area is 186 Å². The molecule has 3 aromatic rings. The number of hydrogen-bond acceptors (Lipinski definition) is 7. The molecule has 9 heteroatoms. The number of morpholine rings is 1. The second-order valence-electron chi connectivity index (χ2n) is 7.43. The van der Waals surface area contributed by atoms with E-state index in [1.54, 1.807) is 24.4 Å². The van der Waals surface area contributed by atoms with Gasteiger partial charge in [-0.15, -0.1) is 11.3 Å². The minimum atomic E-state index is -3.61. The van der Waals surface area contributed by atoms with Gasteiger partial charge in [-0.25, -0.2) is 13.4 Å². The molecule has 0 amide bonds. The molecule has 1 fully saturated rings. The third-order valence-electron chi connectivity index (χ3n) is 4.83. The summed E-state index contributed by atoms with van der Waals surface area (Å²) in [4.78, 5) is 4.80. The summed E-state index contributed by atoms with van der Waals surface area (Å²) in [5, 5.41) is 6.72. The molecule has 1 N–H and O–H groups in total. The van der Waals surface area contributed by atoms with Crippen LogP contribution in [0.5, 0.6) is 0 Å². The Morgan fingerprint density at radius 1 is 1.13 bits per heavy atom. The van der Waals surface area contributed by atoms with Crippen LogP contribution in [0, 0.1) is 0 Å². The summed E-state index contributed by atoms with van der Waals surface area (Å²) in [5.74, 6) is 0. The van der Waals surface area contributed by atoms with Crippen LogP contribution < -0.4 is 5.43 Å². The molecule has 31 heavy (non-hydrogen) atoms. The molecule has 7 nitrogen and oxygen atoms in total. The molecule has 162 valence electrons. The number of benzene rings is 2. The van der Waals surface area contributed by atoms with Gasteiger partial charge < -0.3 is 4.74 Å². The first-order chi connectivity index (χ1) is 14.9. The molecular formula is C22H24N4O3S2. The number of anilines is 1. The first kappa shape index (κ1) is 21.6. The Morgan fingerprint density at radius 3 is 2.61 bits per heavy atom. The molecule has 1 saturated heterocycles. The van der Waals surface area contributed by atoms with Crippen LogP contribution in [0.1, 0.15) is 19.4 Å². The fraction of sp³-hybridized carbons (Fsp3) is 0.273. The van der Waals surface area contributed by atoms with Crippen molar-refractivity contribution in [1.82, 2.24) is 9.29 Å². The van der Waals surface area contributed by atoms with E-state index in [0.29, 0.717) is 23.9 Å². The van der Waals surface area contributed by atoms with E-state index < -0.39 is 10.0 Å². The Morgan fingerprint density at radius 2 is 1.87 bits per heavy atom. The maximum atomic E-state index is 13.2. The van der Waals surface area contributed by atoms with Crippen LogP contribution in [0.3, 0.4) is 0 Å². The van der Waals surface area contributed by atoms with Crippen molar-refractivity contribution in [1.29, 1.82) is 0 Å². The van der Waals surface area contributed by atoms with E-state index >= 15 is 0 Å². The fourth-order valence-electron chi connectivity index (χ4n) is 3.45. The van der Waals surface area contributed by atoms with E-state index in [9.17, 15) is 8.42 Å². The van der Waals surface area contributed by atoms with Gasteiger partial charge in [-0.3, -0.25) is 5.43 Å². The van der Waals surface area contributed by atoms with Gasteiger partial charge >= 0.3 is 0 Å². The van der Waals surface area contributed by atoms with Crippen LogP contribution in [-0.4, -0.2) is 49.2 Å². The molecule has 2 unspecified atom stereocenters. The zero-order valence-electron chi connectivity index (χ0n) is 17.3. The smallest absolute Gasteiger partial charge is 0.243 e. The molecule has 0 radical (unpaired) electrons. The molecule has 1 aliphatic rings. The molecule has 0 bridgehead atoms. The summed E-state index contributed by atoms with van der Waals surface area (Å²) in [7, 11) is -3.61. The van der Waals surface area contributed by atoms with Gasteiger partial charge in [-0.1, -0.05) is 42.5 Å². The van der Waals surface area contributed by atoms with Crippen LogP contribution >= 0.6 is 11.3 Å². The Balaban J connectivity index is 1.50. The van der Waals surface area contributed by atoms with Crippen molar-refractivity contribution in [3.8, 4) is 11.3 Å². The Bertz CT molecular complexity index is 1150. The highest BCUT2D eigenvalue weighted by Crippen LogP contribution is 2.28. The number of hydrazone groups is 1. The van der Waals surface area contributed by atoms with E-state index in [0.717, 1.165) is 11.1 Å². The number of rotatable bonds is 6. The molecule has 0 spiro atoms. The average molecular weight is 457 g/mol. The van der Waals surface area contributed by atoms with Crippen molar-refractivity contribution in [2.45, 2.75) is 31.0 Å². The van der Waals surface area contributed by atoms with Gasteiger partial charge in [0, 0.05) is 24.0 Å². The summed E-state index contributed by atoms with van der Waals surface area (Å²) in [6.45, 7) is 4.47. The lowest BCUT2D eigenvalue weighted by atomic mass is 10.2. The number of aromatic nitrogens is 1. The molecule has 0 aliphatic carbocycles. The lowest BCUT2D eigenvalue weighted by Gasteiger charge is -2.34. The Hall–Kier alpha value is -2.59. The van der Waals surface area contributed by atoms with E-state index in [1.807, 2.05) is 55.6 Å². The second kappa shape index (κ2) is 9.27. The SMILES string of the molecule is CC1CN(S(=O)(=O)c2cccc(-c3csc(NN=Cc4ccccc4)n3)c2)CC(C)O1. The van der Waals surface area contributed by atoms with Crippen molar-refractivity contribution in [3.05, 3.63) is 65.5 Å². The first-order valence-electron chi connectivity index (χ1n) is 9.97. The summed E-state index contributed by atoms with van der Waals surface area (Å²) in [6.07, 6.45) is 1.45. The third-order valence-corrected chi connectivity index (χ3v) is 7.41. The monoisotopic (exact) mass is 456 g/mol. The number of ether oxygens (including phenoxy) is 1. The molecule has 2 atom stereocenters. The summed E-state index contributed by atoms with van der Waals surface area (Å²) < 4.78 is 33.5. The van der Waals surface area contributed by atoms with Crippen molar-refractivity contribution in [3.63, 3.8) is 0 Å². The van der Waals surface area contributed by atoms with Gasteiger partial charge in [0.25, 0.3) is 0 Å². The number of nitrogens with zero attached hydrogens (tertiary/aromatic N) is 3. The Kier molecular flexibility index (Phi) is 6.47. The van der Waals surface area contributed by atoms with Crippen LogP contribution in [0.15, 0.2) is 70.0 Å². The largest absolute Gasteiger partial charge is 0.373 e. The average Bonchev–Trinajstić information content (AvgIpc) is 3.23. The van der Waals surface area contributed by atoms with Crippen molar-refractivity contribution >= 4 is 32.7 Å². The van der Waals surface area contributed by atoms with Gasteiger partial charge in [0.05, 0.1) is 29.0 Å². The summed E-state index contributed by atoms with van der Waals surface area (Å²) in [5.41, 5.74) is 5.35. The topological polar surface area (TPSA) is 83.9 Å². The molecule has 0 saturated carbocycles. The molecular weight excluding hydrogens is 432 g/mol. The van der Waals surface area contributed by atoms with Crippen molar-refractivity contribution < 1.29 is 13.2 Å². The summed E-state index contributed by atoms with van der Waals surface area (Å²) >= 11 is 1.41. The fourth-order valence-corrected chi connectivity index (χ4v) is 5.76. The first-order valence-corrected chi connectivity index (χ1v) is 12.3. The predicted molar refractivity (Wildman–Crippen MR) is 124 cm³/mol. The van der Waals surface area contributed by atoms with Gasteiger partial charge in [0.15, 0.2) is 0 Å².